The van der Waals surface area contributed by atoms with Crippen molar-refractivity contribution in [3.8, 4) is 0 Å². The maximum atomic E-state index is 6.07. The van der Waals surface area contributed by atoms with Crippen molar-refractivity contribution in [3.05, 3.63) is 35.9 Å². The van der Waals surface area contributed by atoms with Crippen molar-refractivity contribution in [2.45, 2.75) is 38.2 Å². The monoisotopic (exact) mass is 281 g/mol. The third-order valence-electron chi connectivity index (χ3n) is 3.39. The van der Waals surface area contributed by atoms with Gasteiger partial charge in [-0.1, -0.05) is 37.3 Å². The minimum atomic E-state index is -0.598. The van der Waals surface area contributed by atoms with Crippen LogP contribution >= 0.6 is 11.8 Å². The van der Waals surface area contributed by atoms with Crippen LogP contribution in [0.3, 0.4) is 0 Å². The largest absolute Gasteiger partial charge is 0.343 e. The van der Waals surface area contributed by atoms with Crippen molar-refractivity contribution in [2.24, 2.45) is 5.73 Å². The van der Waals surface area contributed by atoms with Gasteiger partial charge in [0.25, 0.3) is 0 Å². The van der Waals surface area contributed by atoms with Crippen LogP contribution in [-0.2, 0) is 15.3 Å². The molecule has 3 unspecified atom stereocenters. The summed E-state index contributed by atoms with van der Waals surface area (Å²) in [7, 11) is 0. The fourth-order valence-corrected chi connectivity index (χ4v) is 3.18. The number of nitrogens with two attached hydrogens (primary N) is 1. The van der Waals surface area contributed by atoms with E-state index in [1.54, 1.807) is 0 Å². The molecule has 0 aromatic heterocycles. The van der Waals surface area contributed by atoms with E-state index in [1.165, 1.54) is 0 Å². The fourth-order valence-electron chi connectivity index (χ4n) is 2.08. The second-order valence-corrected chi connectivity index (χ2v) is 6.14. The van der Waals surface area contributed by atoms with Gasteiger partial charge in [0.05, 0.1) is 12.7 Å². The van der Waals surface area contributed by atoms with E-state index < -0.39 is 5.79 Å². The SMILES string of the molecule is CCC(N)CSCC1COC(C)(c2ccccc2)O1. The molecule has 1 fully saturated rings. The second-order valence-electron chi connectivity index (χ2n) is 5.07. The van der Waals surface area contributed by atoms with Gasteiger partial charge in [0, 0.05) is 23.1 Å². The van der Waals surface area contributed by atoms with Gasteiger partial charge in [0.1, 0.15) is 0 Å². The topological polar surface area (TPSA) is 44.5 Å². The quantitative estimate of drug-likeness (QED) is 0.871. The molecule has 2 N–H and O–H groups in total. The minimum absolute atomic E-state index is 0.152. The summed E-state index contributed by atoms with van der Waals surface area (Å²) < 4.78 is 11.9. The molecule has 4 heteroatoms. The summed E-state index contributed by atoms with van der Waals surface area (Å²) in [4.78, 5) is 0. The van der Waals surface area contributed by atoms with Crippen LogP contribution in [0.5, 0.6) is 0 Å². The minimum Gasteiger partial charge on any atom is -0.343 e. The van der Waals surface area contributed by atoms with Crippen molar-refractivity contribution in [2.75, 3.05) is 18.1 Å². The summed E-state index contributed by atoms with van der Waals surface area (Å²) in [6.45, 7) is 4.76. The summed E-state index contributed by atoms with van der Waals surface area (Å²) in [5, 5.41) is 0. The number of hydrogen-bond acceptors (Lipinski definition) is 4. The molecule has 1 aliphatic heterocycles. The Kier molecular flexibility index (Phi) is 5.28. The lowest BCUT2D eigenvalue weighted by atomic mass is 10.1. The van der Waals surface area contributed by atoms with Gasteiger partial charge < -0.3 is 15.2 Å². The smallest absolute Gasteiger partial charge is 0.192 e. The van der Waals surface area contributed by atoms with E-state index in [-0.39, 0.29) is 12.1 Å². The molecule has 3 nitrogen and oxygen atoms in total. The van der Waals surface area contributed by atoms with Crippen molar-refractivity contribution >= 4 is 11.8 Å². The lowest BCUT2D eigenvalue weighted by molar-refractivity contribution is -0.159. The highest BCUT2D eigenvalue weighted by atomic mass is 32.2. The maximum absolute atomic E-state index is 6.07. The molecule has 0 amide bonds. The molecular weight excluding hydrogens is 258 g/mol. The van der Waals surface area contributed by atoms with E-state index in [0.29, 0.717) is 6.61 Å². The Hall–Kier alpha value is -0.550. The Balaban J connectivity index is 1.83. The van der Waals surface area contributed by atoms with E-state index in [2.05, 4.69) is 6.92 Å². The average molecular weight is 281 g/mol. The maximum Gasteiger partial charge on any atom is 0.192 e. The Morgan fingerprint density at radius 1 is 1.42 bits per heavy atom. The van der Waals surface area contributed by atoms with Gasteiger partial charge in [0.15, 0.2) is 5.79 Å². The molecule has 0 radical (unpaired) electrons. The standard InChI is InChI=1S/C15H23NO2S/c1-3-13(16)10-19-11-14-9-17-15(2,18-14)12-7-5-4-6-8-12/h4-8,13-14H,3,9-11,16H2,1-2H3. The number of rotatable bonds is 6. The zero-order chi connectivity index (χ0) is 13.7. The highest BCUT2D eigenvalue weighted by molar-refractivity contribution is 7.99. The first-order valence-corrected chi connectivity index (χ1v) is 8.00. The van der Waals surface area contributed by atoms with E-state index >= 15 is 0 Å². The molecule has 2 rings (SSSR count). The number of thioether (sulfide) groups is 1. The molecular formula is C15H23NO2S. The van der Waals surface area contributed by atoms with Crippen LogP contribution in [-0.4, -0.2) is 30.3 Å². The van der Waals surface area contributed by atoms with Crippen molar-refractivity contribution in [1.82, 2.24) is 0 Å². The van der Waals surface area contributed by atoms with Gasteiger partial charge in [-0.3, -0.25) is 0 Å². The Morgan fingerprint density at radius 3 is 2.84 bits per heavy atom. The van der Waals surface area contributed by atoms with Crippen LogP contribution in [0.15, 0.2) is 30.3 Å². The van der Waals surface area contributed by atoms with Crippen LogP contribution in [0.1, 0.15) is 25.8 Å². The van der Waals surface area contributed by atoms with Gasteiger partial charge in [-0.25, -0.2) is 0 Å². The average Bonchev–Trinajstić information content (AvgIpc) is 2.83. The summed E-state index contributed by atoms with van der Waals surface area (Å²) in [5.41, 5.74) is 6.99. The van der Waals surface area contributed by atoms with Gasteiger partial charge in [-0.2, -0.15) is 11.8 Å². The molecule has 1 saturated heterocycles. The molecule has 0 spiro atoms. The first-order chi connectivity index (χ1) is 9.14. The molecule has 1 heterocycles. The Labute approximate surface area is 119 Å². The Bertz CT molecular complexity index is 387. The van der Waals surface area contributed by atoms with Crippen molar-refractivity contribution < 1.29 is 9.47 Å². The summed E-state index contributed by atoms with van der Waals surface area (Å²) in [6, 6.07) is 10.4. The summed E-state index contributed by atoms with van der Waals surface area (Å²) in [6.07, 6.45) is 1.18. The van der Waals surface area contributed by atoms with E-state index in [0.717, 1.165) is 23.5 Å². The molecule has 0 saturated carbocycles. The van der Waals surface area contributed by atoms with Crippen molar-refractivity contribution in [3.63, 3.8) is 0 Å². The fraction of sp³-hybridized carbons (Fsp3) is 0.600. The first kappa shape index (κ1) is 14.9. The molecule has 3 atom stereocenters. The molecule has 1 aromatic rings. The summed E-state index contributed by atoms with van der Waals surface area (Å²) in [5.74, 6) is 1.33. The molecule has 1 aliphatic rings. The van der Waals surface area contributed by atoms with Crippen LogP contribution < -0.4 is 5.73 Å². The number of hydrogen-bond donors (Lipinski definition) is 1. The lowest BCUT2D eigenvalue weighted by Crippen LogP contribution is -2.25. The molecule has 1 aromatic carbocycles. The van der Waals surface area contributed by atoms with E-state index in [4.69, 9.17) is 15.2 Å². The molecule has 19 heavy (non-hydrogen) atoms. The van der Waals surface area contributed by atoms with Crippen LogP contribution in [0.4, 0.5) is 0 Å². The van der Waals surface area contributed by atoms with Crippen LogP contribution in [0, 0.1) is 0 Å². The van der Waals surface area contributed by atoms with Gasteiger partial charge >= 0.3 is 0 Å². The van der Waals surface area contributed by atoms with Crippen LogP contribution in [0.2, 0.25) is 0 Å². The highest BCUT2D eigenvalue weighted by Gasteiger charge is 2.38. The van der Waals surface area contributed by atoms with E-state index in [9.17, 15) is 0 Å². The summed E-state index contributed by atoms with van der Waals surface area (Å²) >= 11 is 1.85. The van der Waals surface area contributed by atoms with E-state index in [1.807, 2.05) is 49.0 Å². The Morgan fingerprint density at radius 2 is 2.16 bits per heavy atom. The van der Waals surface area contributed by atoms with Gasteiger partial charge in [-0.15, -0.1) is 0 Å². The second kappa shape index (κ2) is 6.75. The predicted octanol–water partition coefficient (Wildman–Crippen LogP) is 2.75. The predicted molar refractivity (Wildman–Crippen MR) is 80.2 cm³/mol. The third kappa shape index (κ3) is 3.96. The molecule has 0 bridgehead atoms. The highest BCUT2D eigenvalue weighted by Crippen LogP contribution is 2.34. The molecule has 0 aliphatic carbocycles. The lowest BCUT2D eigenvalue weighted by Gasteiger charge is -2.23. The number of benzene rings is 1. The van der Waals surface area contributed by atoms with Crippen molar-refractivity contribution in [1.29, 1.82) is 0 Å². The third-order valence-corrected chi connectivity index (χ3v) is 4.67. The number of ether oxygens (including phenoxy) is 2. The first-order valence-electron chi connectivity index (χ1n) is 6.84. The zero-order valence-corrected chi connectivity index (χ0v) is 12.5. The van der Waals surface area contributed by atoms with Gasteiger partial charge in [0.2, 0.25) is 0 Å². The molecule has 106 valence electrons. The van der Waals surface area contributed by atoms with Gasteiger partial charge in [-0.05, 0) is 13.3 Å². The zero-order valence-electron chi connectivity index (χ0n) is 11.7. The normalized spacial score (nSPS) is 28.5. The van der Waals surface area contributed by atoms with Crippen LogP contribution in [0.25, 0.3) is 0 Å².